The van der Waals surface area contributed by atoms with Crippen LogP contribution in [0.15, 0.2) is 54.9 Å². The molecule has 1 saturated heterocycles. The van der Waals surface area contributed by atoms with Gasteiger partial charge in [0.15, 0.2) is 0 Å². The zero-order chi connectivity index (χ0) is 20.9. The average Bonchev–Trinajstić information content (AvgIpc) is 3.57. The first-order valence-corrected chi connectivity index (χ1v) is 9.34. The minimum atomic E-state index is -0.802. The molecule has 3 aromatic rings. The molecule has 0 radical (unpaired) electrons. The number of anilines is 4. The van der Waals surface area contributed by atoms with E-state index in [0.717, 1.165) is 30.2 Å². The number of nitrogens with one attached hydrogen (secondary N) is 1. The Labute approximate surface area is 171 Å². The van der Waals surface area contributed by atoms with E-state index in [1.807, 2.05) is 24.3 Å². The van der Waals surface area contributed by atoms with Crippen molar-refractivity contribution in [3.63, 3.8) is 0 Å². The Morgan fingerprint density at radius 1 is 1.10 bits per heavy atom. The van der Waals surface area contributed by atoms with Crippen LogP contribution in [0.25, 0.3) is 0 Å². The number of benzene rings is 2. The van der Waals surface area contributed by atoms with Crippen LogP contribution in [0.1, 0.15) is 0 Å². The van der Waals surface area contributed by atoms with Gasteiger partial charge >= 0.3 is 0 Å². The maximum absolute atomic E-state index is 14.2. The van der Waals surface area contributed by atoms with E-state index in [4.69, 9.17) is 9.47 Å². The maximum Gasteiger partial charge on any atom is 0.149 e. The number of aromatic nitrogens is 2. The van der Waals surface area contributed by atoms with Crippen molar-refractivity contribution in [1.82, 2.24) is 9.97 Å². The molecule has 1 fully saturated rings. The van der Waals surface area contributed by atoms with Gasteiger partial charge in [0, 0.05) is 17.8 Å². The summed E-state index contributed by atoms with van der Waals surface area (Å²) in [4.78, 5) is 9.60. The van der Waals surface area contributed by atoms with Crippen LogP contribution in [0.3, 0.4) is 0 Å². The summed E-state index contributed by atoms with van der Waals surface area (Å²) in [5.74, 6) is -0.0749. The Hall–Kier alpha value is -3.33. The van der Waals surface area contributed by atoms with Gasteiger partial charge in [-0.1, -0.05) is 0 Å². The summed E-state index contributed by atoms with van der Waals surface area (Å²) in [5, 5.41) is 3.12. The van der Waals surface area contributed by atoms with E-state index in [1.54, 1.807) is 6.07 Å². The zero-order valence-corrected chi connectivity index (χ0v) is 15.9. The SMILES string of the molecule is FCCN(c1cc(Nc2ccc(OCC3CO3)cc2)ncn1)c1ccc(F)cc1F. The number of rotatable bonds is 9. The van der Waals surface area contributed by atoms with E-state index >= 15 is 0 Å². The van der Waals surface area contributed by atoms with E-state index in [9.17, 15) is 13.2 Å². The molecular weight excluding hydrogens is 397 g/mol. The molecule has 0 spiro atoms. The van der Waals surface area contributed by atoms with Crippen molar-refractivity contribution in [2.24, 2.45) is 0 Å². The number of halogens is 3. The molecule has 1 atom stereocenters. The molecule has 1 aromatic heterocycles. The highest BCUT2D eigenvalue weighted by Gasteiger charge is 2.23. The largest absolute Gasteiger partial charge is 0.491 e. The lowest BCUT2D eigenvalue weighted by molar-refractivity contribution is 0.263. The minimum absolute atomic E-state index is 0.0276. The van der Waals surface area contributed by atoms with Gasteiger partial charge in [0.2, 0.25) is 0 Å². The number of alkyl halides is 1. The van der Waals surface area contributed by atoms with Gasteiger partial charge in [-0.2, -0.15) is 0 Å². The topological polar surface area (TPSA) is 62.8 Å². The molecule has 156 valence electrons. The smallest absolute Gasteiger partial charge is 0.149 e. The van der Waals surface area contributed by atoms with Crippen molar-refractivity contribution in [3.05, 3.63) is 66.5 Å². The first-order valence-electron chi connectivity index (χ1n) is 9.34. The number of ether oxygens (including phenoxy) is 2. The van der Waals surface area contributed by atoms with Gasteiger partial charge in [0.05, 0.1) is 18.8 Å². The van der Waals surface area contributed by atoms with Gasteiger partial charge in [0.25, 0.3) is 0 Å². The molecule has 0 amide bonds. The zero-order valence-electron chi connectivity index (χ0n) is 15.9. The highest BCUT2D eigenvalue weighted by molar-refractivity contribution is 5.65. The predicted molar refractivity (Wildman–Crippen MR) is 106 cm³/mol. The lowest BCUT2D eigenvalue weighted by Gasteiger charge is -2.23. The summed E-state index contributed by atoms with van der Waals surface area (Å²) >= 11 is 0. The van der Waals surface area contributed by atoms with Crippen LogP contribution >= 0.6 is 0 Å². The van der Waals surface area contributed by atoms with Crippen molar-refractivity contribution in [2.75, 3.05) is 36.6 Å². The Morgan fingerprint density at radius 2 is 1.90 bits per heavy atom. The fraction of sp³-hybridized carbons (Fsp3) is 0.238. The minimum Gasteiger partial charge on any atom is -0.491 e. The van der Waals surface area contributed by atoms with Gasteiger partial charge in [-0.15, -0.1) is 0 Å². The monoisotopic (exact) mass is 416 g/mol. The molecule has 30 heavy (non-hydrogen) atoms. The number of hydrogen-bond donors (Lipinski definition) is 1. The third kappa shape index (κ3) is 4.98. The molecule has 4 rings (SSSR count). The van der Waals surface area contributed by atoms with E-state index in [2.05, 4.69) is 15.3 Å². The fourth-order valence-electron chi connectivity index (χ4n) is 2.84. The second-order valence-corrected chi connectivity index (χ2v) is 6.61. The van der Waals surface area contributed by atoms with Gasteiger partial charge in [-0.25, -0.2) is 23.1 Å². The van der Waals surface area contributed by atoms with Gasteiger partial charge < -0.3 is 19.7 Å². The Bertz CT molecular complexity index is 1000. The Morgan fingerprint density at radius 3 is 2.60 bits per heavy atom. The summed E-state index contributed by atoms with van der Waals surface area (Å²) < 4.78 is 51.3. The average molecular weight is 416 g/mol. The second kappa shape index (κ2) is 9.00. The summed E-state index contributed by atoms with van der Waals surface area (Å²) in [6.07, 6.45) is 1.47. The molecule has 1 aliphatic rings. The Kier molecular flexibility index (Phi) is 5.99. The van der Waals surface area contributed by atoms with Crippen LogP contribution in [0.5, 0.6) is 5.75 Å². The summed E-state index contributed by atoms with van der Waals surface area (Å²) in [5.41, 5.74) is 0.777. The lowest BCUT2D eigenvalue weighted by atomic mass is 10.2. The summed E-state index contributed by atoms with van der Waals surface area (Å²) in [6.45, 7) is 0.371. The molecule has 1 unspecified atom stereocenters. The third-order valence-electron chi connectivity index (χ3n) is 4.40. The van der Waals surface area contributed by atoms with E-state index in [0.29, 0.717) is 12.4 Å². The molecule has 6 nitrogen and oxygen atoms in total. The van der Waals surface area contributed by atoms with E-state index in [1.165, 1.54) is 17.3 Å². The van der Waals surface area contributed by atoms with Crippen LogP contribution in [0.4, 0.5) is 36.2 Å². The van der Waals surface area contributed by atoms with E-state index < -0.39 is 18.3 Å². The van der Waals surface area contributed by atoms with Gasteiger partial charge in [-0.05, 0) is 36.4 Å². The van der Waals surface area contributed by atoms with Crippen LogP contribution in [-0.4, -0.2) is 42.5 Å². The van der Waals surface area contributed by atoms with Crippen LogP contribution in [0.2, 0.25) is 0 Å². The van der Waals surface area contributed by atoms with Crippen molar-refractivity contribution >= 4 is 23.0 Å². The predicted octanol–water partition coefficient (Wildman–Crippen LogP) is 4.38. The highest BCUT2D eigenvalue weighted by Crippen LogP contribution is 2.28. The molecule has 2 heterocycles. The maximum atomic E-state index is 14.2. The quantitative estimate of drug-likeness (QED) is 0.523. The second-order valence-electron chi connectivity index (χ2n) is 6.61. The number of hydrogen-bond acceptors (Lipinski definition) is 6. The van der Waals surface area contributed by atoms with Crippen LogP contribution < -0.4 is 15.0 Å². The Balaban J connectivity index is 1.50. The molecule has 1 aliphatic heterocycles. The molecule has 0 bridgehead atoms. The molecular formula is C21H19F3N4O2. The van der Waals surface area contributed by atoms with Crippen LogP contribution in [-0.2, 0) is 4.74 Å². The van der Waals surface area contributed by atoms with Gasteiger partial charge in [0.1, 0.15) is 54.7 Å². The molecule has 0 saturated carbocycles. The van der Waals surface area contributed by atoms with Crippen molar-refractivity contribution in [3.8, 4) is 5.75 Å². The highest BCUT2D eigenvalue weighted by atomic mass is 19.1. The van der Waals surface area contributed by atoms with Gasteiger partial charge in [-0.3, -0.25) is 0 Å². The standard InChI is InChI=1S/C21H19F3N4O2/c22-7-8-28(19-6-1-14(23)9-18(19)24)21-10-20(25-13-26-21)27-15-2-4-16(5-3-15)29-11-17-12-30-17/h1-6,9-10,13,17H,7-8,11-12H2,(H,25,26,27). The van der Waals surface area contributed by atoms with Crippen molar-refractivity contribution < 1.29 is 22.6 Å². The number of epoxide rings is 1. The van der Waals surface area contributed by atoms with E-state index in [-0.39, 0.29) is 24.2 Å². The van der Waals surface area contributed by atoms with Crippen molar-refractivity contribution in [2.45, 2.75) is 6.10 Å². The first kappa shape index (κ1) is 20.0. The van der Waals surface area contributed by atoms with Crippen molar-refractivity contribution in [1.29, 1.82) is 0 Å². The lowest BCUT2D eigenvalue weighted by Crippen LogP contribution is -2.22. The first-order chi connectivity index (χ1) is 14.6. The normalized spacial score (nSPS) is 15.0. The fourth-order valence-corrected chi connectivity index (χ4v) is 2.84. The molecule has 0 aliphatic carbocycles. The molecule has 1 N–H and O–H groups in total. The number of nitrogens with zero attached hydrogens (tertiary/aromatic N) is 3. The molecule has 9 heteroatoms. The third-order valence-corrected chi connectivity index (χ3v) is 4.40. The molecule has 2 aromatic carbocycles. The van der Waals surface area contributed by atoms with Crippen LogP contribution in [0, 0.1) is 11.6 Å². The summed E-state index contributed by atoms with van der Waals surface area (Å²) in [6, 6.07) is 12.0. The summed E-state index contributed by atoms with van der Waals surface area (Å²) in [7, 11) is 0.